The maximum atomic E-state index is 12.7. The van der Waals surface area contributed by atoms with Crippen LogP contribution in [-0.2, 0) is 22.6 Å². The van der Waals surface area contributed by atoms with Crippen molar-refractivity contribution < 1.29 is 29.0 Å². The smallest absolute Gasteiger partial charge is 0.341 e. The first-order valence-corrected chi connectivity index (χ1v) is 10.2. The fourth-order valence-corrected chi connectivity index (χ4v) is 3.90. The minimum atomic E-state index is -0.879. The van der Waals surface area contributed by atoms with E-state index in [1.54, 1.807) is 24.3 Å². The summed E-state index contributed by atoms with van der Waals surface area (Å²) in [5.74, 6) is -0.881. The average molecular weight is 438 g/mol. The molecule has 2 amide bonds. The van der Waals surface area contributed by atoms with E-state index in [0.717, 1.165) is 11.1 Å². The zero-order chi connectivity index (χ0) is 23.4. The molecule has 3 rings (SSSR count). The molecule has 32 heavy (non-hydrogen) atoms. The largest absolute Gasteiger partial charge is 0.496 e. The number of carbonyl (C=O) groups is 3. The molecule has 0 bridgehead atoms. The van der Waals surface area contributed by atoms with Gasteiger partial charge in [-0.2, -0.15) is 0 Å². The highest BCUT2D eigenvalue weighted by molar-refractivity contribution is 6.09. The van der Waals surface area contributed by atoms with Gasteiger partial charge in [-0.3, -0.25) is 9.69 Å². The highest BCUT2D eigenvalue weighted by Gasteiger charge is 2.36. The molecule has 8 heteroatoms. The summed E-state index contributed by atoms with van der Waals surface area (Å²) in [7, 11) is 1.53. The van der Waals surface area contributed by atoms with Crippen LogP contribution in [0.5, 0.6) is 5.75 Å². The SMILES string of the molecule is COc1c(C)c2c(c(N(C(N)=O)c3ccccc3)c1C/C=C(\C)CCC(=O)O)C(=O)OC2. The van der Waals surface area contributed by atoms with Crippen molar-refractivity contribution in [3.05, 3.63) is 64.2 Å². The number of allylic oxidation sites excluding steroid dienone is 2. The standard InChI is InChI=1S/C24H26N2O6/c1-14(10-12-19(27)28)9-11-17-21(26(24(25)30)16-7-5-4-6-8-16)20-18(13-32-23(20)29)15(2)22(17)31-3/h4-9H,10-13H2,1-3H3,(H2,25,30)(H,27,28)/b14-9+. The number of carboxylic acids is 1. The fraction of sp³-hybridized carbons (Fsp3) is 0.292. The van der Waals surface area contributed by atoms with Crippen molar-refractivity contribution in [2.75, 3.05) is 12.0 Å². The van der Waals surface area contributed by atoms with Gasteiger partial charge in [-0.15, -0.1) is 0 Å². The molecule has 0 radical (unpaired) electrons. The molecule has 0 aromatic heterocycles. The van der Waals surface area contributed by atoms with Crippen LogP contribution in [0, 0.1) is 6.92 Å². The number of urea groups is 1. The summed E-state index contributed by atoms with van der Waals surface area (Å²) in [6.07, 6.45) is 2.58. The molecule has 1 aliphatic rings. The Hall–Kier alpha value is -3.81. The zero-order valence-electron chi connectivity index (χ0n) is 18.3. The van der Waals surface area contributed by atoms with Crippen LogP contribution in [0.4, 0.5) is 16.2 Å². The van der Waals surface area contributed by atoms with Crippen molar-refractivity contribution in [3.63, 3.8) is 0 Å². The number of aliphatic carboxylic acids is 1. The summed E-state index contributed by atoms with van der Waals surface area (Å²) in [5.41, 5.74) is 9.77. The Kier molecular flexibility index (Phi) is 6.82. The second kappa shape index (κ2) is 9.55. The van der Waals surface area contributed by atoms with E-state index < -0.39 is 18.0 Å². The van der Waals surface area contributed by atoms with Crippen LogP contribution in [0.15, 0.2) is 42.0 Å². The number of methoxy groups -OCH3 is 1. The van der Waals surface area contributed by atoms with Gasteiger partial charge in [-0.1, -0.05) is 29.8 Å². The number of primary amides is 1. The Bertz CT molecular complexity index is 1090. The van der Waals surface area contributed by atoms with E-state index in [1.807, 2.05) is 26.0 Å². The highest BCUT2D eigenvalue weighted by Crippen LogP contribution is 2.45. The van der Waals surface area contributed by atoms with Gasteiger partial charge in [0.25, 0.3) is 0 Å². The van der Waals surface area contributed by atoms with E-state index in [9.17, 15) is 14.4 Å². The first kappa shape index (κ1) is 22.9. The van der Waals surface area contributed by atoms with Crippen molar-refractivity contribution in [1.29, 1.82) is 0 Å². The van der Waals surface area contributed by atoms with E-state index in [2.05, 4.69) is 0 Å². The van der Waals surface area contributed by atoms with Crippen LogP contribution in [0.3, 0.4) is 0 Å². The molecule has 3 N–H and O–H groups in total. The lowest BCUT2D eigenvalue weighted by Gasteiger charge is -2.27. The minimum Gasteiger partial charge on any atom is -0.496 e. The zero-order valence-corrected chi connectivity index (χ0v) is 18.3. The number of fused-ring (bicyclic) bond motifs is 1. The van der Waals surface area contributed by atoms with Gasteiger partial charge in [0.05, 0.1) is 24.0 Å². The quantitative estimate of drug-likeness (QED) is 0.470. The van der Waals surface area contributed by atoms with Crippen LogP contribution >= 0.6 is 0 Å². The second-order valence-corrected chi connectivity index (χ2v) is 7.57. The summed E-state index contributed by atoms with van der Waals surface area (Å²) in [6.45, 7) is 3.76. The molecule has 0 aliphatic carbocycles. The second-order valence-electron chi connectivity index (χ2n) is 7.57. The maximum Gasteiger partial charge on any atom is 0.341 e. The average Bonchev–Trinajstić information content (AvgIpc) is 3.15. The Morgan fingerprint density at radius 1 is 1.25 bits per heavy atom. The summed E-state index contributed by atoms with van der Waals surface area (Å²) < 4.78 is 11.0. The van der Waals surface area contributed by atoms with E-state index in [0.29, 0.717) is 41.1 Å². The summed E-state index contributed by atoms with van der Waals surface area (Å²) >= 11 is 0. The third-order valence-corrected chi connectivity index (χ3v) is 5.49. The van der Waals surface area contributed by atoms with Crippen LogP contribution in [0.25, 0.3) is 0 Å². The number of benzene rings is 2. The van der Waals surface area contributed by atoms with Gasteiger partial charge in [-0.25, -0.2) is 9.59 Å². The third-order valence-electron chi connectivity index (χ3n) is 5.49. The first-order valence-electron chi connectivity index (χ1n) is 10.2. The van der Waals surface area contributed by atoms with Crippen molar-refractivity contribution in [2.24, 2.45) is 5.73 Å². The Morgan fingerprint density at radius 2 is 1.94 bits per heavy atom. The molecule has 8 nitrogen and oxygen atoms in total. The van der Waals surface area contributed by atoms with Gasteiger partial charge in [0.2, 0.25) is 0 Å². The molecular weight excluding hydrogens is 412 g/mol. The first-order chi connectivity index (χ1) is 15.3. The number of hydrogen-bond acceptors (Lipinski definition) is 5. The molecule has 2 aromatic carbocycles. The monoisotopic (exact) mass is 438 g/mol. The number of anilines is 2. The number of ether oxygens (including phenoxy) is 2. The molecular formula is C24H26N2O6. The molecule has 0 fully saturated rings. The molecule has 168 valence electrons. The molecule has 0 atom stereocenters. The van der Waals surface area contributed by atoms with E-state index >= 15 is 0 Å². The van der Waals surface area contributed by atoms with Gasteiger partial charge in [0.15, 0.2) is 0 Å². The molecule has 1 aliphatic heterocycles. The highest BCUT2D eigenvalue weighted by atomic mass is 16.5. The fourth-order valence-electron chi connectivity index (χ4n) is 3.90. The maximum absolute atomic E-state index is 12.7. The predicted octanol–water partition coefficient (Wildman–Crippen LogP) is 4.24. The Morgan fingerprint density at radius 3 is 2.53 bits per heavy atom. The Labute approximate surface area is 186 Å². The third kappa shape index (κ3) is 4.44. The van der Waals surface area contributed by atoms with Crippen molar-refractivity contribution in [2.45, 2.75) is 39.7 Å². The summed E-state index contributed by atoms with van der Waals surface area (Å²) in [4.78, 5) is 37.6. The molecule has 0 unspecified atom stereocenters. The lowest BCUT2D eigenvalue weighted by Crippen LogP contribution is -2.33. The topological polar surface area (TPSA) is 119 Å². The van der Waals surface area contributed by atoms with Gasteiger partial charge >= 0.3 is 18.0 Å². The number of rotatable bonds is 8. The van der Waals surface area contributed by atoms with Crippen LogP contribution in [0.2, 0.25) is 0 Å². The number of hydrogen-bond donors (Lipinski definition) is 2. The van der Waals surface area contributed by atoms with Crippen molar-refractivity contribution in [1.82, 2.24) is 0 Å². The van der Waals surface area contributed by atoms with E-state index in [1.165, 1.54) is 12.0 Å². The number of nitrogens with zero attached hydrogens (tertiary/aromatic N) is 1. The normalized spacial score (nSPS) is 12.8. The van der Waals surface area contributed by atoms with Crippen LogP contribution < -0.4 is 15.4 Å². The summed E-state index contributed by atoms with van der Waals surface area (Å²) in [5, 5.41) is 8.95. The van der Waals surface area contributed by atoms with Gasteiger partial charge in [0.1, 0.15) is 12.4 Å². The number of para-hydroxylation sites is 1. The van der Waals surface area contributed by atoms with Crippen LogP contribution in [0.1, 0.15) is 46.8 Å². The number of esters is 1. The summed E-state index contributed by atoms with van der Waals surface area (Å²) in [6, 6.07) is 8.04. The number of amides is 2. The van der Waals surface area contributed by atoms with Gasteiger partial charge < -0.3 is 20.3 Å². The number of carboxylic acid groups (broad SMARTS) is 1. The lowest BCUT2D eigenvalue weighted by atomic mass is 9.92. The molecule has 1 heterocycles. The molecule has 0 saturated heterocycles. The van der Waals surface area contributed by atoms with Crippen LogP contribution in [-0.4, -0.2) is 30.2 Å². The van der Waals surface area contributed by atoms with Gasteiger partial charge in [0, 0.05) is 17.5 Å². The molecule has 0 saturated carbocycles. The van der Waals surface area contributed by atoms with E-state index in [-0.39, 0.29) is 18.6 Å². The number of carbonyl (C=O) groups excluding carboxylic acids is 2. The predicted molar refractivity (Wildman–Crippen MR) is 119 cm³/mol. The number of cyclic esters (lactones) is 1. The minimum absolute atomic E-state index is 0.0132. The van der Waals surface area contributed by atoms with Gasteiger partial charge in [-0.05, 0) is 44.4 Å². The van der Waals surface area contributed by atoms with E-state index in [4.69, 9.17) is 20.3 Å². The van der Waals surface area contributed by atoms with Crippen molar-refractivity contribution in [3.8, 4) is 5.75 Å². The van der Waals surface area contributed by atoms with Crippen molar-refractivity contribution >= 4 is 29.3 Å². The molecule has 2 aromatic rings. The molecule has 0 spiro atoms. The Balaban J connectivity index is 2.25. The lowest BCUT2D eigenvalue weighted by molar-refractivity contribution is -0.136. The number of nitrogens with two attached hydrogens (primary N) is 1.